The van der Waals surface area contributed by atoms with E-state index in [0.29, 0.717) is 28.7 Å². The summed E-state index contributed by atoms with van der Waals surface area (Å²) in [5.74, 6) is 0.134. The molecule has 3 fully saturated rings. The first-order chi connectivity index (χ1) is 21.9. The lowest BCUT2D eigenvalue weighted by Gasteiger charge is -2.57. The molecule has 0 unspecified atom stereocenters. The fraction of sp³-hybridized carbons (Fsp3) is 0.543. The molecule has 3 saturated heterocycles. The van der Waals surface area contributed by atoms with Crippen LogP contribution < -0.4 is 10.2 Å². The summed E-state index contributed by atoms with van der Waals surface area (Å²) in [7, 11) is 4.10. The molecular weight excluding hydrogens is 578 g/mol. The Kier molecular flexibility index (Phi) is 7.89. The summed E-state index contributed by atoms with van der Waals surface area (Å²) in [5, 5.41) is 18.1. The average Bonchev–Trinajstić information content (AvgIpc) is 3.58. The first-order valence-electron chi connectivity index (χ1n) is 16.6. The number of anilines is 2. The number of likely N-dealkylation sites (tertiary alicyclic amines) is 2. The molecule has 3 aliphatic rings. The number of aliphatic hydroxyl groups is 1. The summed E-state index contributed by atoms with van der Waals surface area (Å²) < 4.78 is 3.65. The Morgan fingerprint density at radius 3 is 2.46 bits per heavy atom. The van der Waals surface area contributed by atoms with E-state index in [2.05, 4.69) is 49.3 Å². The van der Waals surface area contributed by atoms with Crippen LogP contribution in [0.3, 0.4) is 0 Å². The Labute approximate surface area is 271 Å². The van der Waals surface area contributed by atoms with Crippen LogP contribution >= 0.6 is 0 Å². The van der Waals surface area contributed by atoms with Crippen LogP contribution in [0.25, 0.3) is 22.3 Å². The van der Waals surface area contributed by atoms with Crippen molar-refractivity contribution in [3.63, 3.8) is 0 Å². The molecule has 11 nitrogen and oxygen atoms in total. The van der Waals surface area contributed by atoms with Gasteiger partial charge in [0.25, 0.3) is 5.91 Å². The number of imidazole rings is 1. The number of carbonyl (C=O) groups is 1. The topological polar surface area (TPSA) is 108 Å². The second-order valence-electron chi connectivity index (χ2n) is 14.7. The molecule has 6 heterocycles. The minimum Gasteiger partial charge on any atom is -0.389 e. The molecule has 0 bridgehead atoms. The van der Waals surface area contributed by atoms with Gasteiger partial charge in [0.2, 0.25) is 5.95 Å². The Bertz CT molecular complexity index is 1730. The molecule has 1 amide bonds. The zero-order valence-corrected chi connectivity index (χ0v) is 27.8. The average molecular weight is 626 g/mol. The van der Waals surface area contributed by atoms with E-state index in [-0.39, 0.29) is 12.5 Å². The third-order valence-corrected chi connectivity index (χ3v) is 10.2. The zero-order chi connectivity index (χ0) is 32.2. The Morgan fingerprint density at radius 1 is 1.04 bits per heavy atom. The van der Waals surface area contributed by atoms with Crippen molar-refractivity contribution in [1.82, 2.24) is 34.1 Å². The van der Waals surface area contributed by atoms with Gasteiger partial charge in [-0.15, -0.1) is 0 Å². The highest BCUT2D eigenvalue weighted by molar-refractivity contribution is 6.04. The first kappa shape index (κ1) is 30.8. The van der Waals surface area contributed by atoms with Crippen LogP contribution in [0.4, 0.5) is 11.6 Å². The molecule has 1 spiro atoms. The second-order valence-corrected chi connectivity index (χ2v) is 14.7. The molecule has 0 radical (unpaired) electrons. The van der Waals surface area contributed by atoms with Gasteiger partial charge in [-0.3, -0.25) is 24.7 Å². The third kappa shape index (κ3) is 6.28. The smallest absolute Gasteiger partial charge is 0.258 e. The number of hydrogen-bond donors (Lipinski definition) is 2. The summed E-state index contributed by atoms with van der Waals surface area (Å²) in [6.45, 7) is 12.8. The molecular formula is C35H47N9O2. The van der Waals surface area contributed by atoms with Gasteiger partial charge >= 0.3 is 0 Å². The highest BCUT2D eigenvalue weighted by Crippen LogP contribution is 2.42. The summed E-state index contributed by atoms with van der Waals surface area (Å²) in [4.78, 5) is 30.7. The van der Waals surface area contributed by atoms with Crippen molar-refractivity contribution in [2.75, 3.05) is 56.5 Å². The highest BCUT2D eigenvalue weighted by Gasteiger charge is 2.46. The second kappa shape index (κ2) is 11.8. The van der Waals surface area contributed by atoms with Crippen molar-refractivity contribution < 1.29 is 9.90 Å². The van der Waals surface area contributed by atoms with Crippen LogP contribution in [0.1, 0.15) is 55.6 Å². The number of piperidine rings is 2. The van der Waals surface area contributed by atoms with Crippen molar-refractivity contribution >= 4 is 28.6 Å². The lowest BCUT2D eigenvalue weighted by molar-refractivity contribution is -0.0704. The van der Waals surface area contributed by atoms with Crippen LogP contribution in [-0.2, 0) is 13.6 Å². The summed E-state index contributed by atoms with van der Waals surface area (Å²) in [6.07, 6.45) is 8.64. The van der Waals surface area contributed by atoms with Gasteiger partial charge in [-0.2, -0.15) is 5.10 Å². The molecule has 3 aromatic heterocycles. The molecule has 244 valence electrons. The SMILES string of the molecule is Cc1cc(C(=O)Nc2nc3ccc(N4CCC(N5CC6(CCN(C)CC6)C5)CC4)cc3n2CC(C)(C)O)cc(-c2cnn(C)c2)n1. The lowest BCUT2D eigenvalue weighted by atomic mass is 9.71. The molecule has 2 N–H and O–H groups in total. The van der Waals surface area contributed by atoms with Gasteiger partial charge < -0.3 is 19.5 Å². The molecule has 46 heavy (non-hydrogen) atoms. The number of pyridine rings is 1. The number of amides is 1. The fourth-order valence-electron chi connectivity index (χ4n) is 7.60. The fourth-order valence-corrected chi connectivity index (χ4v) is 7.60. The number of fused-ring (bicyclic) bond motifs is 1. The Hall–Kier alpha value is -3.80. The van der Waals surface area contributed by atoms with Crippen LogP contribution in [0.5, 0.6) is 0 Å². The van der Waals surface area contributed by atoms with Gasteiger partial charge in [0, 0.05) is 68.0 Å². The van der Waals surface area contributed by atoms with Crippen LogP contribution in [0.2, 0.25) is 0 Å². The molecule has 1 aromatic carbocycles. The van der Waals surface area contributed by atoms with Crippen molar-refractivity contribution in [2.45, 2.75) is 64.6 Å². The molecule has 0 aliphatic carbocycles. The number of hydrogen-bond acceptors (Lipinski definition) is 8. The molecule has 4 aromatic rings. The van der Waals surface area contributed by atoms with Gasteiger partial charge in [-0.1, -0.05) is 0 Å². The van der Waals surface area contributed by atoms with Crippen molar-refractivity contribution in [3.8, 4) is 11.3 Å². The number of aromatic nitrogens is 5. The van der Waals surface area contributed by atoms with Gasteiger partial charge in [-0.05, 0) is 102 Å². The normalized spacial score (nSPS) is 19.6. The van der Waals surface area contributed by atoms with Crippen LogP contribution in [-0.4, -0.2) is 103 Å². The summed E-state index contributed by atoms with van der Waals surface area (Å²) in [5.41, 5.74) is 5.14. The number of aryl methyl sites for hydroxylation is 2. The largest absolute Gasteiger partial charge is 0.389 e. The van der Waals surface area contributed by atoms with Gasteiger partial charge in [0.15, 0.2) is 0 Å². The highest BCUT2D eigenvalue weighted by atomic mass is 16.3. The minimum absolute atomic E-state index is 0.279. The molecule has 11 heteroatoms. The standard InChI is InChI=1S/C35H47N9O2/c1-24-16-25(17-30(37-24)26-19-36-41(5)20-26)32(45)39-33-38-29-7-6-28(18-31(29)44(33)21-34(2,3)46)42-12-8-27(9-13-42)43-22-35(23-43)10-14-40(4)15-11-35/h6-7,16-20,27,46H,8-15,21-23H2,1-5H3,(H,38,39,45). The third-order valence-electron chi connectivity index (χ3n) is 10.2. The van der Waals surface area contributed by atoms with E-state index in [9.17, 15) is 9.90 Å². The summed E-state index contributed by atoms with van der Waals surface area (Å²) in [6, 6.07) is 10.6. The predicted molar refractivity (Wildman–Crippen MR) is 181 cm³/mol. The van der Waals surface area contributed by atoms with Gasteiger partial charge in [-0.25, -0.2) is 4.98 Å². The molecule has 3 aliphatic heterocycles. The van der Waals surface area contributed by atoms with Gasteiger partial charge in [0.05, 0.1) is 35.1 Å². The lowest BCUT2D eigenvalue weighted by Crippen LogP contribution is -2.63. The van der Waals surface area contributed by atoms with E-state index in [4.69, 9.17) is 4.98 Å². The number of nitrogens with one attached hydrogen (secondary N) is 1. The summed E-state index contributed by atoms with van der Waals surface area (Å²) >= 11 is 0. The van der Waals surface area contributed by atoms with E-state index < -0.39 is 5.60 Å². The molecule has 0 saturated carbocycles. The van der Waals surface area contributed by atoms with Crippen molar-refractivity contribution in [3.05, 3.63) is 54.0 Å². The van der Waals surface area contributed by atoms with Crippen molar-refractivity contribution in [2.24, 2.45) is 12.5 Å². The maximum Gasteiger partial charge on any atom is 0.258 e. The number of nitrogens with zero attached hydrogens (tertiary/aromatic N) is 8. The van der Waals surface area contributed by atoms with E-state index >= 15 is 0 Å². The zero-order valence-electron chi connectivity index (χ0n) is 27.8. The number of benzene rings is 1. The van der Waals surface area contributed by atoms with Gasteiger partial charge in [0.1, 0.15) is 0 Å². The minimum atomic E-state index is -1.01. The molecule has 7 rings (SSSR count). The van der Waals surface area contributed by atoms with E-state index in [1.807, 2.05) is 30.8 Å². The maximum atomic E-state index is 13.6. The Balaban J connectivity index is 1.08. The quantitative estimate of drug-likeness (QED) is 0.316. The van der Waals surface area contributed by atoms with E-state index in [1.54, 1.807) is 36.9 Å². The van der Waals surface area contributed by atoms with E-state index in [0.717, 1.165) is 41.1 Å². The first-order valence-corrected chi connectivity index (χ1v) is 16.6. The van der Waals surface area contributed by atoms with Crippen LogP contribution in [0.15, 0.2) is 42.7 Å². The Morgan fingerprint density at radius 2 is 1.78 bits per heavy atom. The number of carbonyl (C=O) groups excluding carboxylic acids is 1. The maximum absolute atomic E-state index is 13.6. The van der Waals surface area contributed by atoms with E-state index in [1.165, 1.54) is 51.9 Å². The van der Waals surface area contributed by atoms with Crippen LogP contribution in [0, 0.1) is 12.3 Å². The monoisotopic (exact) mass is 625 g/mol. The van der Waals surface area contributed by atoms with Crippen molar-refractivity contribution in [1.29, 1.82) is 0 Å². The molecule has 0 atom stereocenters. The number of rotatable bonds is 7. The predicted octanol–water partition coefficient (Wildman–Crippen LogP) is 4.16.